The Balaban J connectivity index is 1.88. The molecule has 2 heteroatoms. The van der Waals surface area contributed by atoms with E-state index in [0.717, 1.165) is 6.54 Å². The van der Waals surface area contributed by atoms with Gasteiger partial charge >= 0.3 is 0 Å². The van der Waals surface area contributed by atoms with Crippen molar-refractivity contribution in [2.75, 3.05) is 0 Å². The van der Waals surface area contributed by atoms with Crippen molar-refractivity contribution >= 4 is 37.5 Å². The Morgan fingerprint density at radius 2 is 1.59 bits per heavy atom. The Morgan fingerprint density at radius 3 is 2.41 bits per heavy atom. The van der Waals surface area contributed by atoms with E-state index in [1.165, 1.54) is 27.1 Å². The van der Waals surface area contributed by atoms with Crippen LogP contribution in [0.1, 0.15) is 5.56 Å². The van der Waals surface area contributed by atoms with E-state index in [0.29, 0.717) is 0 Å². The van der Waals surface area contributed by atoms with Crippen molar-refractivity contribution in [2.24, 2.45) is 0 Å². The number of alkyl halides is 1. The van der Waals surface area contributed by atoms with Gasteiger partial charge in [-0.2, -0.15) is 0 Å². The second kappa shape index (κ2) is 5.62. The summed E-state index contributed by atoms with van der Waals surface area (Å²) in [6.07, 6.45) is 8.46. The van der Waals surface area contributed by atoms with Crippen LogP contribution in [-0.4, -0.2) is 9.85 Å². The van der Waals surface area contributed by atoms with Crippen molar-refractivity contribution in [3.8, 4) is 0 Å². The zero-order valence-corrected chi connectivity index (χ0v) is 13.7. The predicted octanol–water partition coefficient (Wildman–Crippen LogP) is 5.60. The van der Waals surface area contributed by atoms with Crippen LogP contribution in [0.25, 0.3) is 21.5 Å². The molecule has 0 bridgehead atoms. The lowest BCUT2D eigenvalue weighted by molar-refractivity contribution is 0.387. The SMILES string of the molecule is BrC1C=CC=CN1Cc1cc2ccccc2c2ccccc12. The van der Waals surface area contributed by atoms with E-state index in [9.17, 15) is 0 Å². The van der Waals surface area contributed by atoms with Crippen molar-refractivity contribution in [3.63, 3.8) is 0 Å². The fraction of sp³-hybridized carbons (Fsp3) is 0.100. The van der Waals surface area contributed by atoms with Gasteiger partial charge in [0.25, 0.3) is 0 Å². The van der Waals surface area contributed by atoms with E-state index in [1.54, 1.807) is 0 Å². The molecule has 1 nitrogen and oxygen atoms in total. The molecule has 0 spiro atoms. The van der Waals surface area contributed by atoms with Gasteiger partial charge in [-0.15, -0.1) is 0 Å². The van der Waals surface area contributed by atoms with Crippen molar-refractivity contribution < 1.29 is 0 Å². The summed E-state index contributed by atoms with van der Waals surface area (Å²) in [4.78, 5) is 2.55. The Hall–Kier alpha value is -2.06. The first-order valence-electron chi connectivity index (χ1n) is 7.47. The Labute approximate surface area is 138 Å². The summed E-state index contributed by atoms with van der Waals surface area (Å²) in [6.45, 7) is 0.891. The predicted molar refractivity (Wildman–Crippen MR) is 98.0 cm³/mol. The van der Waals surface area contributed by atoms with Crippen LogP contribution in [0.2, 0.25) is 0 Å². The van der Waals surface area contributed by atoms with Crippen molar-refractivity contribution in [2.45, 2.75) is 11.5 Å². The number of hydrogen-bond acceptors (Lipinski definition) is 1. The van der Waals surface area contributed by atoms with E-state index in [-0.39, 0.29) is 4.95 Å². The zero-order chi connectivity index (χ0) is 14.9. The third-order valence-corrected chi connectivity index (χ3v) is 5.01. The average molecular weight is 350 g/mol. The topological polar surface area (TPSA) is 3.24 Å². The summed E-state index contributed by atoms with van der Waals surface area (Å²) in [6, 6.07) is 19.6. The van der Waals surface area contributed by atoms with Crippen LogP contribution in [0.3, 0.4) is 0 Å². The zero-order valence-electron chi connectivity index (χ0n) is 12.1. The summed E-state index contributed by atoms with van der Waals surface area (Å²) >= 11 is 3.71. The van der Waals surface area contributed by atoms with Crippen LogP contribution in [0.15, 0.2) is 79.0 Å². The molecule has 0 radical (unpaired) electrons. The monoisotopic (exact) mass is 349 g/mol. The lowest BCUT2D eigenvalue weighted by Crippen LogP contribution is -2.25. The third-order valence-electron chi connectivity index (χ3n) is 4.18. The quantitative estimate of drug-likeness (QED) is 0.330. The first-order valence-corrected chi connectivity index (χ1v) is 8.39. The molecule has 1 unspecified atom stereocenters. The highest BCUT2D eigenvalue weighted by Gasteiger charge is 2.13. The van der Waals surface area contributed by atoms with Crippen molar-refractivity contribution in [3.05, 3.63) is 84.6 Å². The van der Waals surface area contributed by atoms with Gasteiger partial charge in [0.05, 0.1) is 0 Å². The molecule has 1 atom stereocenters. The number of allylic oxidation sites excluding steroid dienone is 2. The van der Waals surface area contributed by atoms with Gasteiger partial charge in [-0.1, -0.05) is 76.6 Å². The normalized spacial score (nSPS) is 17.5. The lowest BCUT2D eigenvalue weighted by Gasteiger charge is -2.27. The minimum Gasteiger partial charge on any atom is -0.357 e. The number of rotatable bonds is 2. The fourth-order valence-electron chi connectivity index (χ4n) is 3.11. The smallest absolute Gasteiger partial charge is 0.103 e. The van der Waals surface area contributed by atoms with Gasteiger partial charge in [-0.3, -0.25) is 0 Å². The molecule has 4 rings (SSSR count). The molecule has 0 aliphatic carbocycles. The molecule has 108 valence electrons. The van der Waals surface area contributed by atoms with Crippen LogP contribution in [0, 0.1) is 0 Å². The fourth-order valence-corrected chi connectivity index (χ4v) is 3.57. The number of hydrogen-bond donors (Lipinski definition) is 0. The van der Waals surface area contributed by atoms with Gasteiger partial charge in [0.1, 0.15) is 4.95 Å². The molecule has 1 aliphatic heterocycles. The van der Waals surface area contributed by atoms with Crippen LogP contribution in [0.4, 0.5) is 0 Å². The maximum absolute atomic E-state index is 3.71. The van der Waals surface area contributed by atoms with Crippen LogP contribution in [-0.2, 0) is 6.54 Å². The number of nitrogens with zero attached hydrogens (tertiary/aromatic N) is 1. The highest BCUT2D eigenvalue weighted by atomic mass is 79.9. The van der Waals surface area contributed by atoms with E-state index < -0.39 is 0 Å². The molecule has 0 fully saturated rings. The van der Waals surface area contributed by atoms with E-state index in [2.05, 4.69) is 99.9 Å². The molecule has 1 heterocycles. The summed E-state index contributed by atoms with van der Waals surface area (Å²) in [5.41, 5.74) is 1.36. The highest BCUT2D eigenvalue weighted by molar-refractivity contribution is 9.09. The van der Waals surface area contributed by atoms with Gasteiger partial charge in [-0.05, 0) is 39.3 Å². The minimum atomic E-state index is 0.253. The standard InChI is InChI=1S/C20H16BrN/c21-20-11-5-6-12-22(20)14-16-13-15-7-1-2-8-17(15)19-10-4-3-9-18(16)19/h1-13,20H,14H2. The van der Waals surface area contributed by atoms with Crippen LogP contribution < -0.4 is 0 Å². The summed E-state index contributed by atoms with van der Waals surface area (Å²) in [5.74, 6) is 0. The first-order chi connectivity index (χ1) is 10.8. The molecule has 3 aromatic carbocycles. The molecule has 1 aliphatic rings. The van der Waals surface area contributed by atoms with Crippen molar-refractivity contribution in [1.82, 2.24) is 4.90 Å². The second-order valence-corrected chi connectivity index (χ2v) is 6.51. The second-order valence-electron chi connectivity index (χ2n) is 5.57. The highest BCUT2D eigenvalue weighted by Crippen LogP contribution is 2.30. The first kappa shape index (κ1) is 13.6. The lowest BCUT2D eigenvalue weighted by atomic mass is 9.97. The molecule has 0 aromatic heterocycles. The molecule has 22 heavy (non-hydrogen) atoms. The summed E-state index contributed by atoms with van der Waals surface area (Å²) < 4.78 is 0. The van der Waals surface area contributed by atoms with E-state index in [1.807, 2.05) is 0 Å². The van der Waals surface area contributed by atoms with Gasteiger partial charge in [0, 0.05) is 12.7 Å². The molecule has 3 aromatic rings. The average Bonchev–Trinajstić information content (AvgIpc) is 2.57. The molecule has 0 amide bonds. The third kappa shape index (κ3) is 2.34. The van der Waals surface area contributed by atoms with Crippen molar-refractivity contribution in [1.29, 1.82) is 0 Å². The maximum Gasteiger partial charge on any atom is 0.103 e. The summed E-state index contributed by atoms with van der Waals surface area (Å²) in [7, 11) is 0. The van der Waals surface area contributed by atoms with Gasteiger partial charge in [0.15, 0.2) is 0 Å². The molecular weight excluding hydrogens is 334 g/mol. The number of benzene rings is 3. The Kier molecular flexibility index (Phi) is 3.47. The largest absolute Gasteiger partial charge is 0.357 e. The number of halogens is 1. The summed E-state index contributed by atoms with van der Waals surface area (Å²) in [5, 5.41) is 5.30. The minimum absolute atomic E-state index is 0.253. The van der Waals surface area contributed by atoms with E-state index >= 15 is 0 Å². The Bertz CT molecular complexity index is 894. The maximum atomic E-state index is 3.71. The van der Waals surface area contributed by atoms with Gasteiger partial charge < -0.3 is 4.90 Å². The molecule has 0 saturated carbocycles. The van der Waals surface area contributed by atoms with Crippen LogP contribution >= 0.6 is 15.9 Å². The van der Waals surface area contributed by atoms with Gasteiger partial charge in [0.2, 0.25) is 0 Å². The van der Waals surface area contributed by atoms with Crippen LogP contribution in [0.5, 0.6) is 0 Å². The van der Waals surface area contributed by atoms with Gasteiger partial charge in [-0.25, -0.2) is 0 Å². The molecular formula is C20H16BrN. The number of fused-ring (bicyclic) bond motifs is 3. The molecule has 0 N–H and O–H groups in total. The Morgan fingerprint density at radius 1 is 0.864 bits per heavy atom. The van der Waals surface area contributed by atoms with E-state index in [4.69, 9.17) is 0 Å². The molecule has 0 saturated heterocycles.